The smallest absolute Gasteiger partial charge is 0.223 e. The van der Waals surface area contributed by atoms with E-state index < -0.39 is 11.6 Å². The Morgan fingerprint density at radius 2 is 1.88 bits per heavy atom. The summed E-state index contributed by atoms with van der Waals surface area (Å²) in [5.74, 6) is -0.849. The molecule has 3 rings (SSSR count). The Morgan fingerprint density at radius 1 is 1.15 bits per heavy atom. The summed E-state index contributed by atoms with van der Waals surface area (Å²) in [6.07, 6.45) is 2.34. The summed E-state index contributed by atoms with van der Waals surface area (Å²) < 4.78 is 27.8. The van der Waals surface area contributed by atoms with E-state index in [4.69, 9.17) is 0 Å². The van der Waals surface area contributed by atoms with Crippen LogP contribution < -0.4 is 0 Å². The monoisotopic (exact) mass is 356 g/mol. The maximum Gasteiger partial charge on any atom is 0.223 e. The molecule has 1 amide bonds. The molecule has 0 N–H and O–H groups in total. The van der Waals surface area contributed by atoms with E-state index in [1.165, 1.54) is 6.07 Å². The van der Waals surface area contributed by atoms with Crippen molar-refractivity contribution in [2.45, 2.75) is 12.5 Å². The van der Waals surface area contributed by atoms with Gasteiger partial charge in [0.2, 0.25) is 5.91 Å². The number of hydrogen-bond donors (Lipinski definition) is 0. The molecule has 0 aliphatic carbocycles. The Morgan fingerprint density at radius 3 is 2.58 bits per heavy atom. The van der Waals surface area contributed by atoms with Crippen LogP contribution in [-0.2, 0) is 4.79 Å². The van der Waals surface area contributed by atoms with E-state index in [0.717, 1.165) is 23.3 Å². The van der Waals surface area contributed by atoms with Gasteiger partial charge in [-0.1, -0.05) is 36.4 Å². The maximum atomic E-state index is 14.2. The predicted octanol–water partition coefficient (Wildman–Crippen LogP) is 3.88. The third-order valence-corrected chi connectivity index (χ3v) is 4.65. The standard InChI is InChI=1S/C21H22F2N2O/c1-24(2)21(26)10-11-25-14-16(18-13-17(22)8-9-19(18)23)12-20(25)15-6-4-3-5-7-15/h3-9,12-13,20H,10-11,14H2,1-2H3/t20-/m0/s1. The summed E-state index contributed by atoms with van der Waals surface area (Å²) in [5, 5.41) is 0. The van der Waals surface area contributed by atoms with Crippen LogP contribution in [0.4, 0.5) is 8.78 Å². The van der Waals surface area contributed by atoms with Crippen LogP contribution in [0.3, 0.4) is 0 Å². The third kappa shape index (κ3) is 3.99. The molecule has 1 aliphatic heterocycles. The molecule has 1 heterocycles. The highest BCUT2D eigenvalue weighted by Gasteiger charge is 2.28. The largest absolute Gasteiger partial charge is 0.349 e. The van der Waals surface area contributed by atoms with Crippen LogP contribution in [0, 0.1) is 11.6 Å². The van der Waals surface area contributed by atoms with Crippen molar-refractivity contribution in [2.24, 2.45) is 0 Å². The molecule has 2 aromatic rings. The van der Waals surface area contributed by atoms with E-state index in [0.29, 0.717) is 19.5 Å². The van der Waals surface area contributed by atoms with Gasteiger partial charge in [-0.3, -0.25) is 9.69 Å². The summed E-state index contributed by atoms with van der Waals surface area (Å²) in [6.45, 7) is 1.02. The number of amides is 1. The number of halogens is 2. The minimum Gasteiger partial charge on any atom is -0.349 e. The molecule has 5 heteroatoms. The zero-order chi connectivity index (χ0) is 18.7. The molecule has 0 saturated heterocycles. The first kappa shape index (κ1) is 18.3. The van der Waals surface area contributed by atoms with E-state index in [1.54, 1.807) is 19.0 Å². The van der Waals surface area contributed by atoms with Crippen molar-refractivity contribution in [1.29, 1.82) is 0 Å². The molecular formula is C21H22F2N2O. The second kappa shape index (κ2) is 7.79. The van der Waals surface area contributed by atoms with Gasteiger partial charge in [-0.2, -0.15) is 0 Å². The second-order valence-electron chi connectivity index (χ2n) is 6.68. The fraction of sp³-hybridized carbons (Fsp3) is 0.286. The van der Waals surface area contributed by atoms with Crippen LogP contribution in [-0.4, -0.2) is 42.9 Å². The number of hydrogen-bond acceptors (Lipinski definition) is 2. The molecule has 0 bridgehead atoms. The normalized spacial score (nSPS) is 17.2. The number of carbonyl (C=O) groups is 1. The Labute approximate surface area is 152 Å². The summed E-state index contributed by atoms with van der Waals surface area (Å²) >= 11 is 0. The first-order valence-electron chi connectivity index (χ1n) is 8.61. The van der Waals surface area contributed by atoms with Gasteiger partial charge in [0.15, 0.2) is 0 Å². The maximum absolute atomic E-state index is 14.2. The minimum atomic E-state index is -0.459. The SMILES string of the molecule is CN(C)C(=O)CCN1CC(c2cc(F)ccc2F)=C[C@H]1c1ccccc1. The van der Waals surface area contributed by atoms with Crippen molar-refractivity contribution < 1.29 is 13.6 Å². The van der Waals surface area contributed by atoms with Crippen LogP contribution >= 0.6 is 0 Å². The first-order valence-corrected chi connectivity index (χ1v) is 8.61. The van der Waals surface area contributed by atoms with Crippen LogP contribution in [0.5, 0.6) is 0 Å². The number of nitrogens with zero attached hydrogens (tertiary/aromatic N) is 2. The Bertz CT molecular complexity index is 818. The lowest BCUT2D eigenvalue weighted by Gasteiger charge is -2.25. The lowest BCUT2D eigenvalue weighted by atomic mass is 10.0. The lowest BCUT2D eigenvalue weighted by molar-refractivity contribution is -0.129. The molecule has 26 heavy (non-hydrogen) atoms. The zero-order valence-electron chi connectivity index (χ0n) is 15.0. The highest BCUT2D eigenvalue weighted by molar-refractivity contribution is 5.76. The van der Waals surface area contributed by atoms with Gasteiger partial charge in [-0.15, -0.1) is 0 Å². The van der Waals surface area contributed by atoms with E-state index >= 15 is 0 Å². The number of carbonyl (C=O) groups excluding carboxylic acids is 1. The average Bonchev–Trinajstić information content (AvgIpc) is 3.06. The third-order valence-electron chi connectivity index (χ3n) is 4.65. The van der Waals surface area contributed by atoms with Crippen LogP contribution in [0.1, 0.15) is 23.6 Å². The fourth-order valence-corrected chi connectivity index (χ4v) is 3.22. The van der Waals surface area contributed by atoms with Crippen LogP contribution in [0.15, 0.2) is 54.6 Å². The van der Waals surface area contributed by atoms with Gasteiger partial charge in [0, 0.05) is 39.2 Å². The summed E-state index contributed by atoms with van der Waals surface area (Å²) in [7, 11) is 3.46. The van der Waals surface area contributed by atoms with Crippen molar-refractivity contribution in [3.8, 4) is 0 Å². The summed E-state index contributed by atoms with van der Waals surface area (Å²) in [5.41, 5.74) is 2.09. The molecule has 0 saturated carbocycles. The van der Waals surface area contributed by atoms with Gasteiger partial charge in [0.05, 0.1) is 6.04 Å². The highest BCUT2D eigenvalue weighted by Crippen LogP contribution is 2.35. The Balaban J connectivity index is 1.88. The number of benzene rings is 2. The Hall–Kier alpha value is -2.53. The second-order valence-corrected chi connectivity index (χ2v) is 6.68. The topological polar surface area (TPSA) is 23.6 Å². The molecule has 136 valence electrons. The molecule has 0 fully saturated rings. The van der Waals surface area contributed by atoms with E-state index in [1.807, 2.05) is 36.4 Å². The van der Waals surface area contributed by atoms with E-state index in [-0.39, 0.29) is 17.5 Å². The molecular weight excluding hydrogens is 334 g/mol. The quantitative estimate of drug-likeness (QED) is 0.812. The van der Waals surface area contributed by atoms with Gasteiger partial charge in [0.1, 0.15) is 11.6 Å². The van der Waals surface area contributed by atoms with Crippen molar-refractivity contribution in [1.82, 2.24) is 9.80 Å². The molecule has 2 aromatic carbocycles. The van der Waals surface area contributed by atoms with Gasteiger partial charge in [-0.25, -0.2) is 8.78 Å². The minimum absolute atomic E-state index is 0.0437. The molecule has 0 radical (unpaired) electrons. The van der Waals surface area contributed by atoms with E-state index in [2.05, 4.69) is 4.90 Å². The lowest BCUT2D eigenvalue weighted by Crippen LogP contribution is -2.31. The van der Waals surface area contributed by atoms with Crippen molar-refractivity contribution >= 4 is 11.5 Å². The zero-order valence-corrected chi connectivity index (χ0v) is 15.0. The van der Waals surface area contributed by atoms with Gasteiger partial charge in [0.25, 0.3) is 0 Å². The number of rotatable bonds is 5. The molecule has 1 atom stereocenters. The molecule has 3 nitrogen and oxygen atoms in total. The Kier molecular flexibility index (Phi) is 5.47. The van der Waals surface area contributed by atoms with Crippen LogP contribution in [0.25, 0.3) is 5.57 Å². The average molecular weight is 356 g/mol. The van der Waals surface area contributed by atoms with Gasteiger partial charge < -0.3 is 4.90 Å². The summed E-state index contributed by atoms with van der Waals surface area (Å²) in [4.78, 5) is 15.7. The predicted molar refractivity (Wildman–Crippen MR) is 98.4 cm³/mol. The van der Waals surface area contributed by atoms with Crippen molar-refractivity contribution in [2.75, 3.05) is 27.2 Å². The van der Waals surface area contributed by atoms with Crippen molar-refractivity contribution in [3.63, 3.8) is 0 Å². The molecule has 1 aliphatic rings. The van der Waals surface area contributed by atoms with Crippen molar-refractivity contribution in [3.05, 3.63) is 77.4 Å². The molecule has 0 spiro atoms. The summed E-state index contributed by atoms with van der Waals surface area (Å²) in [6, 6.07) is 13.3. The van der Waals surface area contributed by atoms with Gasteiger partial charge >= 0.3 is 0 Å². The van der Waals surface area contributed by atoms with E-state index in [9.17, 15) is 13.6 Å². The fourth-order valence-electron chi connectivity index (χ4n) is 3.22. The molecule has 0 aromatic heterocycles. The van der Waals surface area contributed by atoms with Gasteiger partial charge in [-0.05, 0) is 29.3 Å². The first-order chi connectivity index (χ1) is 12.5. The van der Waals surface area contributed by atoms with Crippen LogP contribution in [0.2, 0.25) is 0 Å². The molecule has 0 unspecified atom stereocenters. The highest BCUT2D eigenvalue weighted by atomic mass is 19.1.